The number of aliphatic hydroxyl groups is 2. The highest BCUT2D eigenvalue weighted by Crippen LogP contribution is 2.58. The minimum atomic E-state index is -6.64. The second-order valence-electron chi connectivity index (χ2n) is 7.70. The van der Waals surface area contributed by atoms with Crippen LogP contribution in [0.4, 0.5) is 64.1 Å². The van der Waals surface area contributed by atoms with E-state index in [1.165, 1.54) is 6.07 Å². The Labute approximate surface area is 191 Å². The minimum absolute atomic E-state index is 0.0364. The first-order chi connectivity index (χ1) is 16.0. The number of alkyl halides is 12. The van der Waals surface area contributed by atoms with Crippen LogP contribution in [-0.4, -0.2) is 34.9 Å². The summed E-state index contributed by atoms with van der Waals surface area (Å²) in [6.07, 6.45) is -26.4. The van der Waals surface area contributed by atoms with Crippen molar-refractivity contribution >= 4 is 32.9 Å². The van der Waals surface area contributed by atoms with E-state index in [-0.39, 0.29) is 11.5 Å². The summed E-state index contributed by atoms with van der Waals surface area (Å²) in [5.41, 5.74) is -8.89. The Hall–Kier alpha value is -3.14. The molecule has 0 aliphatic carbocycles. The van der Waals surface area contributed by atoms with Crippen LogP contribution in [0.2, 0.25) is 0 Å². The van der Waals surface area contributed by atoms with Gasteiger partial charge in [0, 0.05) is 33.3 Å². The van der Waals surface area contributed by atoms with Crippen molar-refractivity contribution in [2.75, 3.05) is 11.5 Å². The van der Waals surface area contributed by atoms with Crippen LogP contribution in [-0.2, 0) is 11.2 Å². The molecule has 6 N–H and O–H groups in total. The predicted molar refractivity (Wildman–Crippen MR) is 102 cm³/mol. The highest BCUT2D eigenvalue weighted by molar-refractivity contribution is 6.18. The van der Waals surface area contributed by atoms with Crippen molar-refractivity contribution in [1.82, 2.24) is 0 Å². The highest BCUT2D eigenvalue weighted by atomic mass is 19.4. The first kappa shape index (κ1) is 27.4. The molecule has 0 saturated carbocycles. The van der Waals surface area contributed by atoms with E-state index in [0.717, 1.165) is 18.2 Å². The molecule has 3 rings (SSSR count). The second-order valence-corrected chi connectivity index (χ2v) is 7.70. The van der Waals surface area contributed by atoms with Crippen molar-refractivity contribution in [3.8, 4) is 0 Å². The smallest absolute Gasteiger partial charge is 0.398 e. The van der Waals surface area contributed by atoms with Crippen LogP contribution in [0, 0.1) is 0 Å². The van der Waals surface area contributed by atoms with Crippen molar-refractivity contribution in [2.45, 2.75) is 35.9 Å². The third-order valence-electron chi connectivity index (χ3n) is 5.66. The Morgan fingerprint density at radius 2 is 0.917 bits per heavy atom. The molecule has 0 unspecified atom stereocenters. The molecule has 4 nitrogen and oxygen atoms in total. The van der Waals surface area contributed by atoms with Gasteiger partial charge in [-0.25, -0.2) is 0 Å². The Bertz CT molecular complexity index is 1310. The maximum absolute atomic E-state index is 13.8. The Morgan fingerprint density at radius 1 is 0.500 bits per heavy atom. The SMILES string of the molecule is Nc1c(C(O)(C(F)(F)F)C(F)(F)F)c2c(N)c(C(O)(C(F)(F)F)C(F)(F)F)ccc2c2ccccc12. The largest absolute Gasteiger partial charge is 0.430 e. The van der Waals surface area contributed by atoms with Gasteiger partial charge in [-0.2, -0.15) is 52.7 Å². The third kappa shape index (κ3) is 3.48. The average Bonchev–Trinajstić information content (AvgIpc) is 2.70. The normalized spacial score (nSPS) is 14.6. The lowest BCUT2D eigenvalue weighted by Crippen LogP contribution is -2.55. The van der Waals surface area contributed by atoms with Gasteiger partial charge in [-0.15, -0.1) is 0 Å². The minimum Gasteiger partial charge on any atom is -0.398 e. The van der Waals surface area contributed by atoms with Crippen molar-refractivity contribution in [3.05, 3.63) is 47.5 Å². The van der Waals surface area contributed by atoms with Gasteiger partial charge in [0.15, 0.2) is 0 Å². The number of rotatable bonds is 2. The molecule has 0 atom stereocenters. The molecule has 0 heterocycles. The summed E-state index contributed by atoms with van der Waals surface area (Å²) >= 11 is 0. The van der Waals surface area contributed by atoms with E-state index < -0.39 is 74.6 Å². The van der Waals surface area contributed by atoms with E-state index >= 15 is 0 Å². The van der Waals surface area contributed by atoms with Crippen LogP contribution in [0.3, 0.4) is 0 Å². The fourth-order valence-corrected chi connectivity index (χ4v) is 3.94. The average molecular weight is 540 g/mol. The summed E-state index contributed by atoms with van der Waals surface area (Å²) in [7, 11) is 0. The van der Waals surface area contributed by atoms with Gasteiger partial charge in [-0.05, 0) is 10.8 Å². The molecule has 3 aromatic rings. The van der Waals surface area contributed by atoms with Gasteiger partial charge in [-0.3, -0.25) is 0 Å². The molecule has 0 aromatic heterocycles. The Kier molecular flexibility index (Phi) is 5.85. The lowest BCUT2D eigenvalue weighted by molar-refractivity contribution is -0.376. The van der Waals surface area contributed by atoms with Crippen LogP contribution in [0.5, 0.6) is 0 Å². The maximum Gasteiger partial charge on any atom is 0.430 e. The van der Waals surface area contributed by atoms with Gasteiger partial charge in [0.2, 0.25) is 0 Å². The molecular formula is C20H12F12N2O2. The fraction of sp³-hybridized carbons (Fsp3) is 0.300. The first-order valence-corrected chi connectivity index (χ1v) is 9.28. The molecule has 16 heteroatoms. The standard InChI is InChI=1S/C20H12F12N2O2/c21-17(22,23)15(35,18(24,25)26)10-6-5-8-7-3-1-2-4-9(7)13(33)12(11(8)14(10)34)16(36,19(27,28)29)20(30,31)32/h1-6,35-36H,33-34H2. The molecule has 3 aromatic carbocycles. The fourth-order valence-electron chi connectivity index (χ4n) is 3.94. The van der Waals surface area contributed by atoms with Gasteiger partial charge in [0.25, 0.3) is 11.2 Å². The number of anilines is 2. The summed E-state index contributed by atoms with van der Waals surface area (Å²) in [5.74, 6) is 0. The van der Waals surface area contributed by atoms with E-state index in [2.05, 4.69) is 0 Å². The van der Waals surface area contributed by atoms with Crippen molar-refractivity contribution < 1.29 is 62.9 Å². The van der Waals surface area contributed by atoms with E-state index in [4.69, 9.17) is 11.5 Å². The molecule has 0 radical (unpaired) electrons. The molecule has 0 amide bonds. The summed E-state index contributed by atoms with van der Waals surface area (Å²) in [4.78, 5) is 0. The zero-order chi connectivity index (χ0) is 27.9. The maximum atomic E-state index is 13.8. The van der Waals surface area contributed by atoms with Crippen LogP contribution >= 0.6 is 0 Å². The van der Waals surface area contributed by atoms with Crippen LogP contribution < -0.4 is 11.5 Å². The van der Waals surface area contributed by atoms with E-state index in [1.807, 2.05) is 0 Å². The van der Waals surface area contributed by atoms with Gasteiger partial charge < -0.3 is 21.7 Å². The van der Waals surface area contributed by atoms with Crippen LogP contribution in [0.25, 0.3) is 21.5 Å². The molecule has 36 heavy (non-hydrogen) atoms. The van der Waals surface area contributed by atoms with Crippen molar-refractivity contribution in [2.24, 2.45) is 0 Å². The number of nitrogen functional groups attached to an aromatic ring is 2. The zero-order valence-corrected chi connectivity index (χ0v) is 17.0. The molecule has 0 saturated heterocycles. The molecule has 0 aliphatic rings. The number of hydrogen-bond donors (Lipinski definition) is 4. The third-order valence-corrected chi connectivity index (χ3v) is 5.66. The summed E-state index contributed by atoms with van der Waals surface area (Å²) in [5, 5.41) is 16.4. The molecule has 198 valence electrons. The monoisotopic (exact) mass is 540 g/mol. The van der Waals surface area contributed by atoms with Gasteiger partial charge in [-0.1, -0.05) is 36.4 Å². The topological polar surface area (TPSA) is 92.5 Å². The zero-order valence-electron chi connectivity index (χ0n) is 17.0. The number of fused-ring (bicyclic) bond motifs is 3. The number of nitrogens with two attached hydrogens (primary N) is 2. The van der Waals surface area contributed by atoms with E-state index in [0.29, 0.717) is 6.07 Å². The first-order valence-electron chi connectivity index (χ1n) is 9.28. The lowest BCUT2D eigenvalue weighted by Gasteiger charge is -2.37. The van der Waals surface area contributed by atoms with Crippen LogP contribution in [0.1, 0.15) is 11.1 Å². The summed E-state index contributed by atoms with van der Waals surface area (Å²) in [6.45, 7) is 0. The summed E-state index contributed by atoms with van der Waals surface area (Å²) in [6, 6.07) is 4.52. The van der Waals surface area contributed by atoms with Gasteiger partial charge in [0.05, 0.1) is 0 Å². The quantitative estimate of drug-likeness (QED) is 0.188. The molecular weight excluding hydrogens is 528 g/mol. The van der Waals surface area contributed by atoms with E-state index in [1.54, 1.807) is 0 Å². The Morgan fingerprint density at radius 3 is 1.33 bits per heavy atom. The number of hydrogen-bond acceptors (Lipinski definition) is 4. The highest BCUT2D eigenvalue weighted by Gasteiger charge is 2.74. The molecule has 0 spiro atoms. The number of halogens is 12. The van der Waals surface area contributed by atoms with Crippen molar-refractivity contribution in [3.63, 3.8) is 0 Å². The van der Waals surface area contributed by atoms with Crippen LogP contribution in [0.15, 0.2) is 36.4 Å². The van der Waals surface area contributed by atoms with Gasteiger partial charge >= 0.3 is 24.7 Å². The summed E-state index contributed by atoms with van der Waals surface area (Å²) < 4.78 is 163. The lowest BCUT2D eigenvalue weighted by atomic mass is 9.80. The second kappa shape index (κ2) is 7.68. The van der Waals surface area contributed by atoms with Crippen molar-refractivity contribution in [1.29, 1.82) is 0 Å². The predicted octanol–water partition coefficient (Wildman–Crippen LogP) is 5.78. The molecule has 0 bridgehead atoms. The molecule has 0 fully saturated rings. The molecule has 0 aliphatic heterocycles. The number of benzene rings is 3. The van der Waals surface area contributed by atoms with Gasteiger partial charge in [0.1, 0.15) is 0 Å². The van der Waals surface area contributed by atoms with E-state index in [9.17, 15) is 62.9 Å². The Balaban J connectivity index is 2.74.